The Morgan fingerprint density at radius 2 is 1.91 bits per heavy atom. The first-order chi connectivity index (χ1) is 10.5. The summed E-state index contributed by atoms with van der Waals surface area (Å²) in [7, 11) is 0. The number of aryl methyl sites for hydroxylation is 1. The number of anilines is 1. The van der Waals surface area contributed by atoms with E-state index in [1.807, 2.05) is 43.3 Å². The zero-order chi connectivity index (χ0) is 15.9. The normalized spacial score (nSPS) is 10.1. The van der Waals surface area contributed by atoms with Gasteiger partial charge in [-0.25, -0.2) is 0 Å². The van der Waals surface area contributed by atoms with Crippen LogP contribution in [0, 0.1) is 6.92 Å². The van der Waals surface area contributed by atoms with Crippen LogP contribution in [0.15, 0.2) is 48.8 Å². The monoisotopic (exact) mass is 297 g/mol. The molecule has 0 aliphatic heterocycles. The summed E-state index contributed by atoms with van der Waals surface area (Å²) in [6, 6.07) is 11.2. The molecule has 0 aliphatic carbocycles. The molecule has 5 nitrogen and oxygen atoms in total. The first-order valence-corrected chi connectivity index (χ1v) is 7.05. The van der Waals surface area contributed by atoms with Gasteiger partial charge in [0.1, 0.15) is 6.54 Å². The van der Waals surface area contributed by atoms with Gasteiger partial charge in [-0.05, 0) is 42.3 Å². The number of pyridine rings is 1. The Morgan fingerprint density at radius 1 is 1.18 bits per heavy atom. The lowest BCUT2D eigenvalue weighted by atomic mass is 10.2. The predicted molar refractivity (Wildman–Crippen MR) is 85.1 cm³/mol. The highest BCUT2D eigenvalue weighted by molar-refractivity contribution is 5.94. The molecule has 1 heterocycles. The van der Waals surface area contributed by atoms with Crippen LogP contribution in [0.4, 0.5) is 5.69 Å². The van der Waals surface area contributed by atoms with E-state index >= 15 is 0 Å². The summed E-state index contributed by atoms with van der Waals surface area (Å²) in [5.41, 5.74) is 2.74. The van der Waals surface area contributed by atoms with Crippen LogP contribution in [-0.4, -0.2) is 28.2 Å². The standard InChI is InChI=1S/C17H19N3O2/c1-13-4-3-5-16(10-13)19-17(22)12-20(14(2)21)11-15-6-8-18-9-7-15/h3-10H,11-12H2,1-2H3,(H,19,22). The molecule has 1 aromatic heterocycles. The molecule has 0 bridgehead atoms. The van der Waals surface area contributed by atoms with Crippen molar-refractivity contribution in [2.24, 2.45) is 0 Å². The van der Waals surface area contributed by atoms with Crippen LogP contribution in [0.2, 0.25) is 0 Å². The topological polar surface area (TPSA) is 62.3 Å². The number of aromatic nitrogens is 1. The Balaban J connectivity index is 1.98. The van der Waals surface area contributed by atoms with Crippen LogP contribution >= 0.6 is 0 Å². The highest BCUT2D eigenvalue weighted by atomic mass is 16.2. The molecule has 2 aromatic rings. The third-order valence-corrected chi connectivity index (χ3v) is 3.20. The lowest BCUT2D eigenvalue weighted by Crippen LogP contribution is -2.36. The highest BCUT2D eigenvalue weighted by Crippen LogP contribution is 2.10. The van der Waals surface area contributed by atoms with Gasteiger partial charge in [-0.3, -0.25) is 14.6 Å². The number of carbonyl (C=O) groups excluding carboxylic acids is 2. The van der Waals surface area contributed by atoms with Crippen molar-refractivity contribution in [2.75, 3.05) is 11.9 Å². The molecule has 0 spiro atoms. The van der Waals surface area contributed by atoms with Gasteiger partial charge in [0.2, 0.25) is 11.8 Å². The SMILES string of the molecule is CC(=O)N(CC(=O)Nc1cccc(C)c1)Cc1ccncc1. The van der Waals surface area contributed by atoms with E-state index in [1.165, 1.54) is 11.8 Å². The predicted octanol–water partition coefficient (Wildman–Crippen LogP) is 2.38. The number of amides is 2. The van der Waals surface area contributed by atoms with Gasteiger partial charge in [-0.2, -0.15) is 0 Å². The molecule has 22 heavy (non-hydrogen) atoms. The first-order valence-electron chi connectivity index (χ1n) is 7.05. The zero-order valence-corrected chi connectivity index (χ0v) is 12.7. The molecular formula is C17H19N3O2. The summed E-state index contributed by atoms with van der Waals surface area (Å²) in [5, 5.41) is 2.81. The maximum absolute atomic E-state index is 12.1. The second kappa shape index (κ2) is 7.36. The number of hydrogen-bond acceptors (Lipinski definition) is 3. The summed E-state index contributed by atoms with van der Waals surface area (Å²) in [6.07, 6.45) is 3.33. The summed E-state index contributed by atoms with van der Waals surface area (Å²) < 4.78 is 0. The van der Waals surface area contributed by atoms with Crippen molar-refractivity contribution in [2.45, 2.75) is 20.4 Å². The molecule has 0 radical (unpaired) electrons. The first kappa shape index (κ1) is 15.7. The number of nitrogens with one attached hydrogen (secondary N) is 1. The van der Waals surface area contributed by atoms with Gasteiger partial charge in [0.15, 0.2) is 0 Å². The Kier molecular flexibility index (Phi) is 5.25. The quantitative estimate of drug-likeness (QED) is 0.921. The van der Waals surface area contributed by atoms with Crippen LogP contribution in [0.25, 0.3) is 0 Å². The highest BCUT2D eigenvalue weighted by Gasteiger charge is 2.14. The van der Waals surface area contributed by atoms with Crippen molar-refractivity contribution in [3.8, 4) is 0 Å². The molecule has 0 atom stereocenters. The van der Waals surface area contributed by atoms with Crippen molar-refractivity contribution in [1.82, 2.24) is 9.88 Å². The molecule has 0 fully saturated rings. The van der Waals surface area contributed by atoms with Crippen LogP contribution < -0.4 is 5.32 Å². The van der Waals surface area contributed by atoms with Crippen molar-refractivity contribution in [3.05, 3.63) is 59.9 Å². The van der Waals surface area contributed by atoms with E-state index in [1.54, 1.807) is 12.4 Å². The van der Waals surface area contributed by atoms with Crippen LogP contribution in [0.1, 0.15) is 18.1 Å². The lowest BCUT2D eigenvalue weighted by Gasteiger charge is -2.20. The van der Waals surface area contributed by atoms with E-state index in [2.05, 4.69) is 10.3 Å². The molecule has 1 aromatic carbocycles. The number of nitrogens with zero attached hydrogens (tertiary/aromatic N) is 2. The maximum atomic E-state index is 12.1. The smallest absolute Gasteiger partial charge is 0.244 e. The molecule has 2 amide bonds. The summed E-state index contributed by atoms with van der Waals surface area (Å²) in [4.78, 5) is 29.3. The van der Waals surface area contributed by atoms with E-state index in [9.17, 15) is 9.59 Å². The molecule has 1 N–H and O–H groups in total. The van der Waals surface area contributed by atoms with Gasteiger partial charge < -0.3 is 10.2 Å². The fourth-order valence-electron chi connectivity index (χ4n) is 2.08. The summed E-state index contributed by atoms with van der Waals surface area (Å²) in [5.74, 6) is -0.355. The minimum atomic E-state index is -0.213. The summed E-state index contributed by atoms with van der Waals surface area (Å²) in [6.45, 7) is 3.83. The van der Waals surface area contributed by atoms with Gasteiger partial charge in [0, 0.05) is 31.5 Å². The average Bonchev–Trinajstić information content (AvgIpc) is 2.47. The van der Waals surface area contributed by atoms with Crippen molar-refractivity contribution < 1.29 is 9.59 Å². The Labute approximate surface area is 130 Å². The molecule has 0 saturated carbocycles. The van der Waals surface area contributed by atoms with E-state index in [0.717, 1.165) is 16.8 Å². The second-order valence-corrected chi connectivity index (χ2v) is 5.15. The van der Waals surface area contributed by atoms with Gasteiger partial charge >= 0.3 is 0 Å². The third kappa shape index (κ3) is 4.70. The Hall–Kier alpha value is -2.69. The average molecular weight is 297 g/mol. The van der Waals surface area contributed by atoms with Crippen molar-refractivity contribution in [1.29, 1.82) is 0 Å². The van der Waals surface area contributed by atoms with Gasteiger partial charge in [0.05, 0.1) is 0 Å². The fourth-order valence-corrected chi connectivity index (χ4v) is 2.08. The minimum absolute atomic E-state index is 0.0194. The number of rotatable bonds is 5. The van der Waals surface area contributed by atoms with Gasteiger partial charge in [-0.1, -0.05) is 12.1 Å². The van der Waals surface area contributed by atoms with Crippen LogP contribution in [0.5, 0.6) is 0 Å². The molecule has 0 unspecified atom stereocenters. The van der Waals surface area contributed by atoms with Gasteiger partial charge in [0.25, 0.3) is 0 Å². The Morgan fingerprint density at radius 3 is 2.55 bits per heavy atom. The number of hydrogen-bond donors (Lipinski definition) is 1. The zero-order valence-electron chi connectivity index (χ0n) is 12.7. The molecule has 5 heteroatoms. The Bertz CT molecular complexity index is 656. The maximum Gasteiger partial charge on any atom is 0.244 e. The molecule has 0 saturated heterocycles. The van der Waals surface area contributed by atoms with E-state index < -0.39 is 0 Å². The van der Waals surface area contributed by atoms with Gasteiger partial charge in [-0.15, -0.1) is 0 Å². The summed E-state index contributed by atoms with van der Waals surface area (Å²) >= 11 is 0. The number of carbonyl (C=O) groups is 2. The fraction of sp³-hybridized carbons (Fsp3) is 0.235. The molecule has 0 aliphatic rings. The van der Waals surface area contributed by atoms with Crippen LogP contribution in [0.3, 0.4) is 0 Å². The van der Waals surface area contributed by atoms with E-state index in [4.69, 9.17) is 0 Å². The van der Waals surface area contributed by atoms with Crippen molar-refractivity contribution in [3.63, 3.8) is 0 Å². The minimum Gasteiger partial charge on any atom is -0.329 e. The van der Waals surface area contributed by atoms with Crippen LogP contribution in [-0.2, 0) is 16.1 Å². The second-order valence-electron chi connectivity index (χ2n) is 5.15. The van der Waals surface area contributed by atoms with E-state index in [-0.39, 0.29) is 18.4 Å². The lowest BCUT2D eigenvalue weighted by molar-refractivity contribution is -0.133. The van der Waals surface area contributed by atoms with E-state index in [0.29, 0.717) is 6.54 Å². The molecule has 2 rings (SSSR count). The third-order valence-electron chi connectivity index (χ3n) is 3.20. The molecular weight excluding hydrogens is 278 g/mol. The number of benzene rings is 1. The largest absolute Gasteiger partial charge is 0.329 e. The van der Waals surface area contributed by atoms with Crippen molar-refractivity contribution >= 4 is 17.5 Å². The molecule has 114 valence electrons.